The van der Waals surface area contributed by atoms with E-state index in [1.165, 1.54) is 12.8 Å². The van der Waals surface area contributed by atoms with Crippen LogP contribution >= 0.6 is 12.6 Å². The van der Waals surface area contributed by atoms with Gasteiger partial charge in [0.1, 0.15) is 0 Å². The molecule has 1 rings (SSSR count). The molecule has 0 aromatic rings. The van der Waals surface area contributed by atoms with Crippen molar-refractivity contribution < 1.29 is 4.79 Å². The fourth-order valence-electron chi connectivity index (χ4n) is 2.28. The van der Waals surface area contributed by atoms with Gasteiger partial charge in [-0.05, 0) is 29.9 Å². The Kier molecular flexibility index (Phi) is 5.84. The fraction of sp³-hybridized carbons (Fsp3) is 0.929. The Morgan fingerprint density at radius 1 is 1.24 bits per heavy atom. The minimum atomic E-state index is 0.227. The van der Waals surface area contributed by atoms with E-state index in [1.54, 1.807) is 0 Å². The van der Waals surface area contributed by atoms with Crippen LogP contribution in [0.5, 0.6) is 0 Å². The second-order valence-corrected chi connectivity index (χ2v) is 6.61. The molecule has 1 fully saturated rings. The van der Waals surface area contributed by atoms with Crippen LogP contribution in [-0.4, -0.2) is 29.6 Å². The van der Waals surface area contributed by atoms with E-state index in [-0.39, 0.29) is 5.41 Å². The van der Waals surface area contributed by atoms with Crippen molar-refractivity contribution in [1.82, 2.24) is 4.90 Å². The Balaban J connectivity index is 2.59. The van der Waals surface area contributed by atoms with E-state index >= 15 is 0 Å². The summed E-state index contributed by atoms with van der Waals surface area (Å²) in [4.78, 5) is 14.1. The van der Waals surface area contributed by atoms with Crippen LogP contribution in [0.1, 0.15) is 52.9 Å². The summed E-state index contributed by atoms with van der Waals surface area (Å²) in [6, 6.07) is 0. The van der Waals surface area contributed by atoms with Gasteiger partial charge in [-0.1, -0.05) is 33.6 Å². The van der Waals surface area contributed by atoms with Gasteiger partial charge in [0.15, 0.2) is 0 Å². The minimum absolute atomic E-state index is 0.227. The van der Waals surface area contributed by atoms with E-state index in [0.717, 1.165) is 38.1 Å². The number of nitrogens with zero attached hydrogens (tertiary/aromatic N) is 1. The molecule has 0 aliphatic carbocycles. The lowest BCUT2D eigenvalue weighted by Gasteiger charge is -2.35. The van der Waals surface area contributed by atoms with Crippen LogP contribution in [0.3, 0.4) is 0 Å². The number of hydrogen-bond donors (Lipinski definition) is 1. The summed E-state index contributed by atoms with van der Waals surface area (Å²) in [7, 11) is 0. The van der Waals surface area contributed by atoms with Crippen molar-refractivity contribution in [2.75, 3.05) is 18.8 Å². The van der Waals surface area contributed by atoms with Gasteiger partial charge in [0.2, 0.25) is 5.91 Å². The van der Waals surface area contributed by atoms with Gasteiger partial charge in [0.05, 0.1) is 0 Å². The molecule has 1 heterocycles. The first-order valence-electron chi connectivity index (χ1n) is 6.84. The third-order valence-electron chi connectivity index (χ3n) is 3.81. The molecule has 1 amide bonds. The normalized spacial score (nSPS) is 20.9. The minimum Gasteiger partial charge on any atom is -0.342 e. The van der Waals surface area contributed by atoms with Crippen molar-refractivity contribution in [3.05, 3.63) is 0 Å². The van der Waals surface area contributed by atoms with Gasteiger partial charge in [0.25, 0.3) is 0 Å². The second kappa shape index (κ2) is 6.67. The summed E-state index contributed by atoms with van der Waals surface area (Å²) in [6.07, 6.45) is 5.45. The molecule has 1 atom stereocenters. The van der Waals surface area contributed by atoms with Crippen LogP contribution in [0.4, 0.5) is 0 Å². The Labute approximate surface area is 112 Å². The molecule has 0 radical (unpaired) electrons. The Morgan fingerprint density at radius 2 is 1.88 bits per heavy atom. The Morgan fingerprint density at radius 3 is 2.47 bits per heavy atom. The quantitative estimate of drug-likeness (QED) is 0.769. The molecule has 0 aromatic carbocycles. The van der Waals surface area contributed by atoms with E-state index in [9.17, 15) is 4.79 Å². The zero-order chi connectivity index (χ0) is 12.9. The molecule has 17 heavy (non-hydrogen) atoms. The predicted molar refractivity (Wildman–Crippen MR) is 76.5 cm³/mol. The highest BCUT2D eigenvalue weighted by atomic mass is 32.1. The Bertz CT molecular complexity index is 247. The van der Waals surface area contributed by atoms with Gasteiger partial charge >= 0.3 is 0 Å². The van der Waals surface area contributed by atoms with Gasteiger partial charge in [-0.25, -0.2) is 0 Å². The maximum absolute atomic E-state index is 12.0. The Hall–Kier alpha value is -0.180. The monoisotopic (exact) mass is 257 g/mol. The molecule has 100 valence electrons. The molecule has 2 nitrogen and oxygen atoms in total. The van der Waals surface area contributed by atoms with E-state index in [1.807, 2.05) is 0 Å². The lowest BCUT2D eigenvalue weighted by molar-refractivity contribution is -0.132. The largest absolute Gasteiger partial charge is 0.342 e. The average molecular weight is 257 g/mol. The smallest absolute Gasteiger partial charge is 0.222 e. The standard InChI is InChI=1S/C14H27NOS/c1-14(2,3)12(11-17)10-15-9-7-5-4-6-8-13(15)16/h12,17H,4-11H2,1-3H3. The summed E-state index contributed by atoms with van der Waals surface area (Å²) in [5.41, 5.74) is 0.227. The number of amides is 1. The molecule has 3 heteroatoms. The highest BCUT2D eigenvalue weighted by Gasteiger charge is 2.27. The lowest BCUT2D eigenvalue weighted by atomic mass is 9.81. The van der Waals surface area contributed by atoms with E-state index in [0.29, 0.717) is 11.8 Å². The fourth-order valence-corrected chi connectivity index (χ4v) is 2.94. The van der Waals surface area contributed by atoms with Crippen LogP contribution in [-0.2, 0) is 4.79 Å². The van der Waals surface area contributed by atoms with Gasteiger partial charge < -0.3 is 4.90 Å². The maximum atomic E-state index is 12.0. The van der Waals surface area contributed by atoms with E-state index < -0.39 is 0 Å². The zero-order valence-corrected chi connectivity index (χ0v) is 12.4. The van der Waals surface area contributed by atoms with Gasteiger partial charge in [-0.15, -0.1) is 0 Å². The maximum Gasteiger partial charge on any atom is 0.222 e. The van der Waals surface area contributed by atoms with E-state index in [2.05, 4.69) is 38.3 Å². The van der Waals surface area contributed by atoms with E-state index in [4.69, 9.17) is 0 Å². The molecule has 1 unspecified atom stereocenters. The third-order valence-corrected chi connectivity index (χ3v) is 4.25. The number of thiol groups is 1. The molecule has 0 saturated carbocycles. The van der Waals surface area contributed by atoms with Crippen molar-refractivity contribution in [2.24, 2.45) is 11.3 Å². The van der Waals surface area contributed by atoms with Crippen molar-refractivity contribution in [2.45, 2.75) is 52.9 Å². The van der Waals surface area contributed by atoms with Crippen LogP contribution in [0, 0.1) is 11.3 Å². The predicted octanol–water partition coefficient (Wildman–Crippen LogP) is 3.37. The first-order valence-corrected chi connectivity index (χ1v) is 7.47. The van der Waals surface area contributed by atoms with Crippen LogP contribution in [0.15, 0.2) is 0 Å². The summed E-state index contributed by atoms with van der Waals surface area (Å²) >= 11 is 4.45. The number of likely N-dealkylation sites (tertiary alicyclic amines) is 1. The molecule has 0 spiro atoms. The summed E-state index contributed by atoms with van der Waals surface area (Å²) < 4.78 is 0. The molecule has 1 aliphatic heterocycles. The van der Waals surface area contributed by atoms with Gasteiger partial charge in [0, 0.05) is 19.5 Å². The molecular formula is C14H27NOS. The summed E-state index contributed by atoms with van der Waals surface area (Å²) in [5, 5.41) is 0. The highest BCUT2D eigenvalue weighted by molar-refractivity contribution is 7.80. The average Bonchev–Trinajstić information content (AvgIpc) is 2.21. The lowest BCUT2D eigenvalue weighted by Crippen LogP contribution is -2.41. The van der Waals surface area contributed by atoms with Gasteiger partial charge in [-0.2, -0.15) is 12.6 Å². The highest BCUT2D eigenvalue weighted by Crippen LogP contribution is 2.28. The first kappa shape index (κ1) is 14.9. The van der Waals surface area contributed by atoms with Crippen molar-refractivity contribution in [3.8, 4) is 0 Å². The van der Waals surface area contributed by atoms with Crippen LogP contribution < -0.4 is 0 Å². The topological polar surface area (TPSA) is 20.3 Å². The van der Waals surface area contributed by atoms with Crippen molar-refractivity contribution in [3.63, 3.8) is 0 Å². The molecule has 0 aromatic heterocycles. The van der Waals surface area contributed by atoms with Crippen LogP contribution in [0.2, 0.25) is 0 Å². The first-order chi connectivity index (χ1) is 7.95. The number of hydrogen-bond acceptors (Lipinski definition) is 2. The number of rotatable bonds is 3. The second-order valence-electron chi connectivity index (χ2n) is 6.25. The summed E-state index contributed by atoms with van der Waals surface area (Å²) in [6.45, 7) is 8.54. The molecular weight excluding hydrogens is 230 g/mol. The number of carbonyl (C=O) groups is 1. The molecule has 0 N–H and O–H groups in total. The van der Waals surface area contributed by atoms with Crippen molar-refractivity contribution >= 4 is 18.5 Å². The summed E-state index contributed by atoms with van der Waals surface area (Å²) in [5.74, 6) is 1.68. The van der Waals surface area contributed by atoms with Crippen molar-refractivity contribution in [1.29, 1.82) is 0 Å². The molecule has 1 saturated heterocycles. The van der Waals surface area contributed by atoms with Gasteiger partial charge in [-0.3, -0.25) is 4.79 Å². The zero-order valence-electron chi connectivity index (χ0n) is 11.5. The molecule has 0 bridgehead atoms. The number of carbonyl (C=O) groups excluding carboxylic acids is 1. The third kappa shape index (κ3) is 4.90. The van der Waals surface area contributed by atoms with Crippen LogP contribution in [0.25, 0.3) is 0 Å². The SMILES string of the molecule is CC(C)(C)C(CS)CN1CCCCCCC1=O. The molecule has 1 aliphatic rings.